The summed E-state index contributed by atoms with van der Waals surface area (Å²) in [5, 5.41) is 0.449. The molecule has 168 valence electrons. The van der Waals surface area contributed by atoms with E-state index in [1.54, 1.807) is 43.5 Å². The van der Waals surface area contributed by atoms with E-state index in [1.807, 2.05) is 36.4 Å². The molecule has 0 atom stereocenters. The highest BCUT2D eigenvalue weighted by Crippen LogP contribution is 2.36. The second-order valence-electron chi connectivity index (χ2n) is 7.20. The topological polar surface area (TPSA) is 55.8 Å². The molecule has 5 nitrogen and oxygen atoms in total. The highest BCUT2D eigenvalue weighted by atomic mass is 35.5. The molecule has 3 aromatic rings. The van der Waals surface area contributed by atoms with Crippen molar-refractivity contribution in [3.8, 4) is 11.5 Å². The van der Waals surface area contributed by atoms with E-state index < -0.39 is 0 Å². The normalized spacial score (nSPS) is 14.8. The first-order valence-corrected chi connectivity index (χ1v) is 11.6. The average molecular weight is 500 g/mol. The van der Waals surface area contributed by atoms with Crippen molar-refractivity contribution in [3.63, 3.8) is 0 Å². The highest BCUT2D eigenvalue weighted by molar-refractivity contribution is 8.18. The van der Waals surface area contributed by atoms with Gasteiger partial charge in [-0.1, -0.05) is 65.7 Å². The second kappa shape index (κ2) is 10.3. The van der Waals surface area contributed by atoms with E-state index in [1.165, 1.54) is 4.90 Å². The third-order valence-electron chi connectivity index (χ3n) is 4.92. The van der Waals surface area contributed by atoms with E-state index in [9.17, 15) is 9.59 Å². The van der Waals surface area contributed by atoms with Crippen LogP contribution in [0, 0.1) is 0 Å². The van der Waals surface area contributed by atoms with Gasteiger partial charge in [-0.05, 0) is 58.8 Å². The molecule has 1 heterocycles. The number of carbonyl (C=O) groups is 2. The number of carbonyl (C=O) groups excluding carboxylic acids is 2. The van der Waals surface area contributed by atoms with E-state index in [-0.39, 0.29) is 17.7 Å². The Hall–Kier alpha value is -2.93. The number of thioether (sulfide) groups is 1. The van der Waals surface area contributed by atoms with E-state index >= 15 is 0 Å². The van der Waals surface area contributed by atoms with Crippen molar-refractivity contribution >= 4 is 52.2 Å². The first-order valence-electron chi connectivity index (χ1n) is 9.98. The van der Waals surface area contributed by atoms with Gasteiger partial charge in [0, 0.05) is 0 Å². The number of ether oxygens (including phenoxy) is 2. The van der Waals surface area contributed by atoms with Crippen LogP contribution in [0.4, 0.5) is 4.79 Å². The Labute approximate surface area is 205 Å². The number of imide groups is 1. The minimum atomic E-state index is -0.362. The van der Waals surface area contributed by atoms with Crippen LogP contribution >= 0.6 is 35.0 Å². The summed E-state index contributed by atoms with van der Waals surface area (Å²) in [6, 6.07) is 20.2. The van der Waals surface area contributed by atoms with Gasteiger partial charge >= 0.3 is 0 Å². The minimum absolute atomic E-state index is 0.120. The number of halogens is 2. The summed E-state index contributed by atoms with van der Waals surface area (Å²) in [4.78, 5) is 26.8. The van der Waals surface area contributed by atoms with Gasteiger partial charge in [-0.2, -0.15) is 0 Å². The molecule has 0 aromatic heterocycles. The molecule has 0 unspecified atom stereocenters. The molecule has 3 aromatic carbocycles. The molecule has 0 spiro atoms. The lowest BCUT2D eigenvalue weighted by Gasteiger charge is -2.13. The number of hydrogen-bond donors (Lipinski definition) is 0. The zero-order valence-electron chi connectivity index (χ0n) is 17.6. The molecule has 1 aliphatic rings. The van der Waals surface area contributed by atoms with E-state index in [4.69, 9.17) is 32.7 Å². The molecule has 0 saturated carbocycles. The summed E-state index contributed by atoms with van der Waals surface area (Å²) in [5.74, 6) is 0.764. The molecule has 1 saturated heterocycles. The Bertz CT molecular complexity index is 1230. The molecule has 2 amide bonds. The summed E-state index contributed by atoms with van der Waals surface area (Å²) < 4.78 is 11.3. The maximum Gasteiger partial charge on any atom is 0.293 e. The van der Waals surface area contributed by atoms with Crippen LogP contribution in [0.5, 0.6) is 11.5 Å². The average Bonchev–Trinajstić information content (AvgIpc) is 3.08. The Kier molecular flexibility index (Phi) is 7.28. The van der Waals surface area contributed by atoms with Crippen molar-refractivity contribution in [2.45, 2.75) is 13.2 Å². The van der Waals surface area contributed by atoms with Gasteiger partial charge in [-0.25, -0.2) is 0 Å². The van der Waals surface area contributed by atoms with Gasteiger partial charge in [0.2, 0.25) is 0 Å². The maximum absolute atomic E-state index is 12.9. The van der Waals surface area contributed by atoms with Gasteiger partial charge in [0.15, 0.2) is 11.5 Å². The van der Waals surface area contributed by atoms with Crippen molar-refractivity contribution in [2.24, 2.45) is 0 Å². The van der Waals surface area contributed by atoms with Crippen LogP contribution in [0.2, 0.25) is 10.0 Å². The monoisotopic (exact) mass is 499 g/mol. The highest BCUT2D eigenvalue weighted by Gasteiger charge is 2.35. The smallest absolute Gasteiger partial charge is 0.293 e. The van der Waals surface area contributed by atoms with Gasteiger partial charge in [0.05, 0.1) is 28.6 Å². The molecule has 33 heavy (non-hydrogen) atoms. The van der Waals surface area contributed by atoms with Crippen molar-refractivity contribution < 1.29 is 19.1 Å². The standard InChI is InChI=1S/C25H19Cl2NO4S/c1-31-22-12-17(8-10-21(22)32-15-16-5-3-2-4-6-16)13-23-24(29)28(25(30)33-23)14-18-7-9-19(26)20(27)11-18/h2-13H,14-15H2,1H3/b23-13+. The predicted octanol–water partition coefficient (Wildman–Crippen LogP) is 6.82. The lowest BCUT2D eigenvalue weighted by atomic mass is 10.1. The van der Waals surface area contributed by atoms with E-state index in [0.29, 0.717) is 33.1 Å². The summed E-state index contributed by atoms with van der Waals surface area (Å²) >= 11 is 12.9. The molecule has 1 aliphatic heterocycles. The van der Waals surface area contributed by atoms with Gasteiger partial charge in [-0.15, -0.1) is 0 Å². The van der Waals surface area contributed by atoms with Gasteiger partial charge in [-0.3, -0.25) is 14.5 Å². The molecule has 0 aliphatic carbocycles. The molecule has 0 N–H and O–H groups in total. The van der Waals surface area contributed by atoms with Crippen LogP contribution in [0.25, 0.3) is 6.08 Å². The summed E-state index contributed by atoms with van der Waals surface area (Å²) in [6.07, 6.45) is 1.67. The summed E-state index contributed by atoms with van der Waals surface area (Å²) in [5.41, 5.74) is 2.48. The van der Waals surface area contributed by atoms with Crippen molar-refractivity contribution in [1.29, 1.82) is 0 Å². The maximum atomic E-state index is 12.9. The lowest BCUT2D eigenvalue weighted by Crippen LogP contribution is -2.27. The van der Waals surface area contributed by atoms with Crippen molar-refractivity contribution in [2.75, 3.05) is 7.11 Å². The van der Waals surface area contributed by atoms with E-state index in [2.05, 4.69) is 0 Å². The Balaban J connectivity index is 1.49. The Morgan fingerprint density at radius 2 is 1.70 bits per heavy atom. The quantitative estimate of drug-likeness (QED) is 0.334. The zero-order chi connectivity index (χ0) is 23.4. The number of amides is 2. The fourth-order valence-electron chi connectivity index (χ4n) is 3.24. The number of hydrogen-bond acceptors (Lipinski definition) is 5. The van der Waals surface area contributed by atoms with Gasteiger partial charge < -0.3 is 9.47 Å². The van der Waals surface area contributed by atoms with Crippen LogP contribution in [-0.2, 0) is 17.9 Å². The van der Waals surface area contributed by atoms with E-state index in [0.717, 1.165) is 28.5 Å². The minimum Gasteiger partial charge on any atom is -0.493 e. The Morgan fingerprint density at radius 1 is 0.909 bits per heavy atom. The molecule has 0 radical (unpaired) electrons. The SMILES string of the molecule is COc1cc(/C=C2/SC(=O)N(Cc3ccc(Cl)c(Cl)c3)C2=O)ccc1OCc1ccccc1. The first kappa shape index (κ1) is 23.2. The fraction of sp³-hybridized carbons (Fsp3) is 0.120. The number of benzene rings is 3. The third-order valence-corrected chi connectivity index (χ3v) is 6.57. The van der Waals surface area contributed by atoms with Crippen LogP contribution in [0.1, 0.15) is 16.7 Å². The van der Waals surface area contributed by atoms with Crippen LogP contribution in [-0.4, -0.2) is 23.2 Å². The zero-order valence-corrected chi connectivity index (χ0v) is 19.9. The molecule has 0 bridgehead atoms. The summed E-state index contributed by atoms with van der Waals surface area (Å²) in [7, 11) is 1.56. The van der Waals surface area contributed by atoms with Crippen LogP contribution in [0.3, 0.4) is 0 Å². The van der Waals surface area contributed by atoms with Crippen LogP contribution in [0.15, 0.2) is 71.6 Å². The Morgan fingerprint density at radius 3 is 2.42 bits per heavy atom. The molecule has 8 heteroatoms. The third kappa shape index (κ3) is 5.53. The number of methoxy groups -OCH3 is 1. The first-order chi connectivity index (χ1) is 15.9. The van der Waals surface area contributed by atoms with Gasteiger partial charge in [0.25, 0.3) is 11.1 Å². The lowest BCUT2D eigenvalue weighted by molar-refractivity contribution is -0.123. The van der Waals surface area contributed by atoms with Crippen LogP contribution < -0.4 is 9.47 Å². The molecule has 4 rings (SSSR count). The predicted molar refractivity (Wildman–Crippen MR) is 132 cm³/mol. The number of rotatable bonds is 7. The molecule has 1 fully saturated rings. The van der Waals surface area contributed by atoms with Gasteiger partial charge in [0.1, 0.15) is 6.61 Å². The second-order valence-corrected chi connectivity index (χ2v) is 9.01. The van der Waals surface area contributed by atoms with Crippen molar-refractivity contribution in [3.05, 3.63) is 98.4 Å². The summed E-state index contributed by atoms with van der Waals surface area (Å²) in [6.45, 7) is 0.526. The largest absolute Gasteiger partial charge is 0.493 e. The number of nitrogens with zero attached hydrogens (tertiary/aromatic N) is 1. The molecular weight excluding hydrogens is 481 g/mol. The molecular formula is C25H19Cl2NO4S. The van der Waals surface area contributed by atoms with Crippen molar-refractivity contribution in [1.82, 2.24) is 4.90 Å². The fourth-order valence-corrected chi connectivity index (χ4v) is 4.40.